The van der Waals surface area contributed by atoms with Crippen molar-refractivity contribution < 1.29 is 9.18 Å². The summed E-state index contributed by atoms with van der Waals surface area (Å²) < 4.78 is 14.2. The fraction of sp³-hybridized carbons (Fsp3) is 0.533. The minimum atomic E-state index is -0.641. The number of nitrogen functional groups attached to an aromatic ring is 1. The van der Waals surface area contributed by atoms with E-state index in [1.54, 1.807) is 0 Å². The second kappa shape index (κ2) is 6.59. The third kappa shape index (κ3) is 4.11. The number of nitrogens with two attached hydrogens (primary N) is 2. The fourth-order valence-electron chi connectivity index (χ4n) is 2.19. The van der Waals surface area contributed by atoms with Gasteiger partial charge in [-0.2, -0.15) is 0 Å². The molecule has 4 N–H and O–H groups in total. The topological polar surface area (TPSA) is 72.3 Å². The Balaban J connectivity index is 3.24. The number of amides is 1. The zero-order valence-electron chi connectivity index (χ0n) is 12.6. The predicted octanol–water partition coefficient (Wildman–Crippen LogP) is 2.63. The number of hydrogen-bond acceptors (Lipinski definition) is 3. The van der Waals surface area contributed by atoms with Crippen LogP contribution >= 0.6 is 0 Å². The molecule has 20 heavy (non-hydrogen) atoms. The van der Waals surface area contributed by atoms with Gasteiger partial charge in [-0.05, 0) is 24.0 Å². The van der Waals surface area contributed by atoms with Crippen LogP contribution in [0.25, 0.3) is 0 Å². The summed E-state index contributed by atoms with van der Waals surface area (Å²) in [6, 6.07) is 2.63. The number of primary amides is 1. The molecule has 1 rings (SSSR count). The highest BCUT2D eigenvalue weighted by atomic mass is 19.1. The van der Waals surface area contributed by atoms with Gasteiger partial charge in [-0.1, -0.05) is 27.7 Å². The van der Waals surface area contributed by atoms with Crippen molar-refractivity contribution in [3.63, 3.8) is 0 Å². The van der Waals surface area contributed by atoms with E-state index in [0.29, 0.717) is 30.6 Å². The molecule has 0 bridgehead atoms. The summed E-state index contributed by atoms with van der Waals surface area (Å²) in [5.41, 5.74) is 11.5. The summed E-state index contributed by atoms with van der Waals surface area (Å²) in [5, 5.41) is 0. The first-order valence-electron chi connectivity index (χ1n) is 6.86. The number of rotatable bonds is 6. The van der Waals surface area contributed by atoms with Gasteiger partial charge in [0.15, 0.2) is 0 Å². The minimum absolute atomic E-state index is 0.0767. The summed E-state index contributed by atoms with van der Waals surface area (Å²) in [7, 11) is 0. The second-order valence-electron chi connectivity index (χ2n) is 5.95. The molecule has 0 heterocycles. The third-order valence-corrected chi connectivity index (χ3v) is 2.90. The molecule has 0 aliphatic rings. The van der Waals surface area contributed by atoms with Crippen LogP contribution in [0.5, 0.6) is 0 Å². The zero-order valence-corrected chi connectivity index (χ0v) is 12.6. The molecular formula is C15H24FN3O. The van der Waals surface area contributed by atoms with E-state index in [0.717, 1.165) is 0 Å². The van der Waals surface area contributed by atoms with E-state index in [9.17, 15) is 9.18 Å². The number of carbonyl (C=O) groups is 1. The lowest BCUT2D eigenvalue weighted by Gasteiger charge is -2.29. The summed E-state index contributed by atoms with van der Waals surface area (Å²) in [4.78, 5) is 13.3. The molecule has 0 aromatic heterocycles. The maximum absolute atomic E-state index is 14.2. The van der Waals surface area contributed by atoms with E-state index in [2.05, 4.69) is 27.7 Å². The van der Waals surface area contributed by atoms with Gasteiger partial charge in [-0.15, -0.1) is 0 Å². The molecule has 1 aromatic rings. The molecule has 5 heteroatoms. The average molecular weight is 281 g/mol. The van der Waals surface area contributed by atoms with Crippen LogP contribution in [0.1, 0.15) is 38.1 Å². The SMILES string of the molecule is CC(C)CN(CC(C)C)c1cc(C(N)=O)c(N)cc1F. The van der Waals surface area contributed by atoms with Gasteiger partial charge in [-0.3, -0.25) is 4.79 Å². The van der Waals surface area contributed by atoms with Gasteiger partial charge >= 0.3 is 0 Å². The molecule has 4 nitrogen and oxygen atoms in total. The molecule has 0 saturated heterocycles. The Morgan fingerprint density at radius 1 is 1.20 bits per heavy atom. The Bertz CT molecular complexity index is 476. The van der Waals surface area contributed by atoms with Crippen molar-refractivity contribution in [3.8, 4) is 0 Å². The Kier molecular flexibility index (Phi) is 5.36. The number of anilines is 2. The van der Waals surface area contributed by atoms with E-state index in [-0.39, 0.29) is 11.3 Å². The highest BCUT2D eigenvalue weighted by Gasteiger charge is 2.18. The molecule has 0 atom stereocenters. The summed E-state index contributed by atoms with van der Waals surface area (Å²) in [6.07, 6.45) is 0. The lowest BCUT2D eigenvalue weighted by Crippen LogP contribution is -2.32. The van der Waals surface area contributed by atoms with E-state index >= 15 is 0 Å². The van der Waals surface area contributed by atoms with Gasteiger partial charge in [0.05, 0.1) is 11.3 Å². The number of hydrogen-bond donors (Lipinski definition) is 2. The van der Waals surface area contributed by atoms with Gasteiger partial charge in [0.2, 0.25) is 0 Å². The number of halogens is 1. The molecule has 0 unspecified atom stereocenters. The lowest BCUT2D eigenvalue weighted by atomic mass is 10.1. The van der Waals surface area contributed by atoms with Gasteiger partial charge in [0.25, 0.3) is 5.91 Å². The Morgan fingerprint density at radius 3 is 2.10 bits per heavy atom. The summed E-state index contributed by atoms with van der Waals surface area (Å²) in [5.74, 6) is -0.308. The highest BCUT2D eigenvalue weighted by Crippen LogP contribution is 2.26. The van der Waals surface area contributed by atoms with Gasteiger partial charge in [-0.25, -0.2) is 4.39 Å². The van der Waals surface area contributed by atoms with E-state index in [1.807, 2.05) is 4.90 Å². The molecule has 0 fully saturated rings. The van der Waals surface area contributed by atoms with Crippen LogP contribution in [-0.4, -0.2) is 19.0 Å². The number of benzene rings is 1. The van der Waals surface area contributed by atoms with Crippen LogP contribution in [0, 0.1) is 17.7 Å². The van der Waals surface area contributed by atoms with Gasteiger partial charge < -0.3 is 16.4 Å². The fourth-order valence-corrected chi connectivity index (χ4v) is 2.19. The largest absolute Gasteiger partial charge is 0.398 e. The van der Waals surface area contributed by atoms with Crippen LogP contribution in [0.2, 0.25) is 0 Å². The first-order chi connectivity index (χ1) is 9.22. The lowest BCUT2D eigenvalue weighted by molar-refractivity contribution is 0.100. The van der Waals surface area contributed by atoms with Crippen LogP contribution in [0.4, 0.5) is 15.8 Å². The van der Waals surface area contributed by atoms with E-state index in [1.165, 1.54) is 12.1 Å². The van der Waals surface area contributed by atoms with Crippen molar-refractivity contribution in [2.24, 2.45) is 17.6 Å². The van der Waals surface area contributed by atoms with E-state index in [4.69, 9.17) is 11.5 Å². The number of carbonyl (C=O) groups excluding carboxylic acids is 1. The van der Waals surface area contributed by atoms with Crippen molar-refractivity contribution in [1.82, 2.24) is 0 Å². The molecule has 0 aliphatic heterocycles. The molecular weight excluding hydrogens is 257 g/mol. The minimum Gasteiger partial charge on any atom is -0.398 e. The van der Waals surface area contributed by atoms with Crippen molar-refractivity contribution in [2.75, 3.05) is 23.7 Å². The van der Waals surface area contributed by atoms with Crippen LogP contribution < -0.4 is 16.4 Å². The Hall–Kier alpha value is -1.78. The highest BCUT2D eigenvalue weighted by molar-refractivity contribution is 5.99. The third-order valence-electron chi connectivity index (χ3n) is 2.90. The normalized spacial score (nSPS) is 11.2. The zero-order chi connectivity index (χ0) is 15.4. The van der Waals surface area contributed by atoms with Crippen LogP contribution in [0.3, 0.4) is 0 Å². The molecule has 0 aliphatic carbocycles. The summed E-state index contributed by atoms with van der Waals surface area (Å²) >= 11 is 0. The van der Waals surface area contributed by atoms with Crippen molar-refractivity contribution in [2.45, 2.75) is 27.7 Å². The first kappa shape index (κ1) is 16.3. The predicted molar refractivity (Wildman–Crippen MR) is 81.2 cm³/mol. The van der Waals surface area contributed by atoms with Crippen LogP contribution in [-0.2, 0) is 0 Å². The summed E-state index contributed by atoms with van der Waals surface area (Å²) in [6.45, 7) is 9.68. The van der Waals surface area contributed by atoms with E-state index < -0.39 is 11.7 Å². The maximum Gasteiger partial charge on any atom is 0.250 e. The first-order valence-corrected chi connectivity index (χ1v) is 6.86. The molecule has 0 radical (unpaired) electrons. The Morgan fingerprint density at radius 2 is 1.70 bits per heavy atom. The standard InChI is InChI=1S/C15H24FN3O/c1-9(2)7-19(8-10(3)4)14-5-11(15(18)20)13(17)6-12(14)16/h5-6,9-10H,7-8,17H2,1-4H3,(H2,18,20). The van der Waals surface area contributed by atoms with Crippen molar-refractivity contribution in [3.05, 3.63) is 23.5 Å². The van der Waals surface area contributed by atoms with Crippen LogP contribution in [0.15, 0.2) is 12.1 Å². The smallest absolute Gasteiger partial charge is 0.250 e. The Labute approximate surface area is 119 Å². The second-order valence-corrected chi connectivity index (χ2v) is 5.95. The number of nitrogens with zero attached hydrogens (tertiary/aromatic N) is 1. The molecule has 0 saturated carbocycles. The average Bonchev–Trinajstić information content (AvgIpc) is 2.26. The molecule has 0 spiro atoms. The van der Waals surface area contributed by atoms with Crippen molar-refractivity contribution >= 4 is 17.3 Å². The van der Waals surface area contributed by atoms with Gasteiger partial charge in [0, 0.05) is 18.8 Å². The van der Waals surface area contributed by atoms with Gasteiger partial charge in [0.1, 0.15) is 5.82 Å². The molecule has 1 aromatic carbocycles. The molecule has 112 valence electrons. The monoisotopic (exact) mass is 281 g/mol. The molecule has 1 amide bonds. The van der Waals surface area contributed by atoms with Crippen molar-refractivity contribution in [1.29, 1.82) is 0 Å². The quantitative estimate of drug-likeness (QED) is 0.787. The maximum atomic E-state index is 14.2.